The molecule has 0 aliphatic carbocycles. The summed E-state index contributed by atoms with van der Waals surface area (Å²) in [6.45, 7) is 0. The molecule has 0 saturated heterocycles. The zero-order valence-electron chi connectivity index (χ0n) is 12.6. The Morgan fingerprint density at radius 2 is 1.91 bits per heavy atom. The average Bonchev–Trinajstić information content (AvgIpc) is 2.55. The summed E-state index contributed by atoms with van der Waals surface area (Å²) in [6.07, 6.45) is 0. The summed E-state index contributed by atoms with van der Waals surface area (Å²) in [6, 6.07) is 9.45. The highest BCUT2D eigenvalue weighted by Gasteiger charge is 2.09. The van der Waals surface area contributed by atoms with Crippen LogP contribution in [0.2, 0.25) is 5.02 Å². The molecule has 0 fully saturated rings. The lowest BCUT2D eigenvalue weighted by molar-refractivity contribution is -0.113. The molecule has 0 spiro atoms. The first kappa shape index (κ1) is 17.4. The lowest BCUT2D eigenvalue weighted by Crippen LogP contribution is -2.14. The van der Waals surface area contributed by atoms with E-state index in [0.29, 0.717) is 17.2 Å². The van der Waals surface area contributed by atoms with Crippen LogP contribution in [0.1, 0.15) is 0 Å². The number of thioether (sulfide) groups is 1. The number of carbonyl (C=O) groups excluding carboxylic acids is 1. The molecule has 0 bridgehead atoms. The van der Waals surface area contributed by atoms with E-state index in [1.165, 1.54) is 31.0 Å². The van der Waals surface area contributed by atoms with Gasteiger partial charge in [0.25, 0.3) is 0 Å². The molecular formula is C16H15ClFNO3S. The summed E-state index contributed by atoms with van der Waals surface area (Å²) >= 11 is 6.98. The fourth-order valence-corrected chi connectivity index (χ4v) is 2.81. The van der Waals surface area contributed by atoms with Crippen molar-refractivity contribution in [2.75, 3.05) is 25.3 Å². The summed E-state index contributed by atoms with van der Waals surface area (Å²) in [5.74, 6) is 0.619. The van der Waals surface area contributed by atoms with Crippen molar-refractivity contribution in [2.24, 2.45) is 0 Å². The van der Waals surface area contributed by atoms with Gasteiger partial charge in [-0.2, -0.15) is 0 Å². The van der Waals surface area contributed by atoms with Crippen LogP contribution in [0.3, 0.4) is 0 Å². The first-order valence-electron chi connectivity index (χ1n) is 6.63. The van der Waals surface area contributed by atoms with Gasteiger partial charge in [-0.05, 0) is 30.3 Å². The van der Waals surface area contributed by atoms with Crippen LogP contribution in [-0.2, 0) is 4.79 Å². The predicted octanol–water partition coefficient (Wildman–Crippen LogP) is 4.23. The van der Waals surface area contributed by atoms with Crippen LogP contribution < -0.4 is 14.8 Å². The molecule has 7 heteroatoms. The van der Waals surface area contributed by atoms with Crippen LogP contribution in [0.25, 0.3) is 0 Å². The Kier molecular flexibility index (Phi) is 6.12. The number of benzene rings is 2. The number of hydrogen-bond acceptors (Lipinski definition) is 4. The Morgan fingerprint density at radius 3 is 2.57 bits per heavy atom. The number of amides is 1. The molecule has 2 rings (SSSR count). The molecule has 23 heavy (non-hydrogen) atoms. The Bertz CT molecular complexity index is 712. The normalized spacial score (nSPS) is 10.3. The molecular weight excluding hydrogens is 341 g/mol. The molecule has 0 aromatic heterocycles. The zero-order valence-corrected chi connectivity index (χ0v) is 14.1. The van der Waals surface area contributed by atoms with Crippen molar-refractivity contribution < 1.29 is 18.7 Å². The maximum absolute atomic E-state index is 13.1. The standard InChI is InChI=1S/C16H15ClFNO3S/c1-21-14-6-3-10(7-15(14)22-2)19-16(20)9-23-11-4-5-13(18)12(17)8-11/h3-8H,9H2,1-2H3,(H,19,20). The maximum Gasteiger partial charge on any atom is 0.234 e. The molecule has 4 nitrogen and oxygen atoms in total. The minimum atomic E-state index is -0.481. The molecule has 0 heterocycles. The molecule has 1 amide bonds. The van der Waals surface area contributed by atoms with Crippen LogP contribution in [0.15, 0.2) is 41.3 Å². The number of ether oxygens (including phenoxy) is 2. The summed E-state index contributed by atoms with van der Waals surface area (Å²) in [4.78, 5) is 12.7. The molecule has 122 valence electrons. The monoisotopic (exact) mass is 355 g/mol. The van der Waals surface area contributed by atoms with Crippen molar-refractivity contribution in [1.82, 2.24) is 0 Å². The average molecular weight is 356 g/mol. The minimum Gasteiger partial charge on any atom is -0.493 e. The van der Waals surface area contributed by atoms with Gasteiger partial charge in [-0.15, -0.1) is 11.8 Å². The predicted molar refractivity (Wildman–Crippen MR) is 90.3 cm³/mol. The third-order valence-electron chi connectivity index (χ3n) is 2.93. The molecule has 1 N–H and O–H groups in total. The number of halogens is 2. The van der Waals surface area contributed by atoms with Crippen molar-refractivity contribution in [3.05, 3.63) is 47.2 Å². The van der Waals surface area contributed by atoms with E-state index in [4.69, 9.17) is 21.1 Å². The lowest BCUT2D eigenvalue weighted by Gasteiger charge is -2.10. The van der Waals surface area contributed by atoms with Crippen molar-refractivity contribution in [3.8, 4) is 11.5 Å². The van der Waals surface area contributed by atoms with E-state index >= 15 is 0 Å². The number of carbonyl (C=O) groups is 1. The minimum absolute atomic E-state index is 0.0373. The number of nitrogens with one attached hydrogen (secondary N) is 1. The van der Waals surface area contributed by atoms with Gasteiger partial charge in [0.15, 0.2) is 11.5 Å². The maximum atomic E-state index is 13.1. The highest BCUT2D eigenvalue weighted by molar-refractivity contribution is 8.00. The molecule has 0 radical (unpaired) electrons. The van der Waals surface area contributed by atoms with E-state index in [1.807, 2.05) is 0 Å². The molecule has 0 aliphatic heterocycles. The van der Waals surface area contributed by atoms with E-state index in [9.17, 15) is 9.18 Å². The Balaban J connectivity index is 1.95. The van der Waals surface area contributed by atoms with Gasteiger partial charge in [0.2, 0.25) is 5.91 Å². The summed E-state index contributed by atoms with van der Waals surface area (Å²) < 4.78 is 23.4. The van der Waals surface area contributed by atoms with Crippen LogP contribution in [0.4, 0.5) is 10.1 Å². The van der Waals surface area contributed by atoms with Gasteiger partial charge in [-0.1, -0.05) is 11.6 Å². The highest BCUT2D eigenvalue weighted by atomic mass is 35.5. The number of methoxy groups -OCH3 is 2. The van der Waals surface area contributed by atoms with E-state index in [1.54, 1.807) is 31.4 Å². The fraction of sp³-hybridized carbons (Fsp3) is 0.188. The lowest BCUT2D eigenvalue weighted by atomic mass is 10.2. The molecule has 2 aromatic carbocycles. The Labute approximate surface area is 142 Å². The van der Waals surface area contributed by atoms with Gasteiger partial charge >= 0.3 is 0 Å². The summed E-state index contributed by atoms with van der Waals surface area (Å²) in [5, 5.41) is 2.80. The van der Waals surface area contributed by atoms with Crippen molar-refractivity contribution in [2.45, 2.75) is 4.90 Å². The van der Waals surface area contributed by atoms with Crippen molar-refractivity contribution in [3.63, 3.8) is 0 Å². The van der Waals surface area contributed by atoms with E-state index in [0.717, 1.165) is 4.90 Å². The van der Waals surface area contributed by atoms with Crippen molar-refractivity contribution in [1.29, 1.82) is 0 Å². The number of anilines is 1. The molecule has 0 aliphatic rings. The van der Waals surface area contributed by atoms with Gasteiger partial charge in [0.05, 0.1) is 25.0 Å². The van der Waals surface area contributed by atoms with Crippen LogP contribution in [0.5, 0.6) is 11.5 Å². The van der Waals surface area contributed by atoms with E-state index in [-0.39, 0.29) is 16.7 Å². The SMILES string of the molecule is COc1ccc(NC(=O)CSc2ccc(F)c(Cl)c2)cc1OC. The second-order valence-electron chi connectivity index (χ2n) is 4.48. The van der Waals surface area contributed by atoms with Crippen LogP contribution in [0, 0.1) is 5.82 Å². The fourth-order valence-electron chi connectivity index (χ4n) is 1.83. The molecule has 0 saturated carbocycles. The van der Waals surface area contributed by atoms with E-state index in [2.05, 4.69) is 5.32 Å². The molecule has 2 aromatic rings. The number of rotatable bonds is 6. The van der Waals surface area contributed by atoms with Gasteiger partial charge in [-0.3, -0.25) is 4.79 Å². The molecule has 0 unspecified atom stereocenters. The van der Waals surface area contributed by atoms with Gasteiger partial charge in [-0.25, -0.2) is 4.39 Å². The van der Waals surface area contributed by atoms with Crippen LogP contribution in [-0.4, -0.2) is 25.9 Å². The summed E-state index contributed by atoms with van der Waals surface area (Å²) in [5.41, 5.74) is 0.602. The smallest absolute Gasteiger partial charge is 0.234 e. The first-order valence-corrected chi connectivity index (χ1v) is 7.99. The van der Waals surface area contributed by atoms with E-state index < -0.39 is 5.82 Å². The molecule has 0 atom stereocenters. The Morgan fingerprint density at radius 1 is 1.17 bits per heavy atom. The van der Waals surface area contributed by atoms with Crippen LogP contribution >= 0.6 is 23.4 Å². The second kappa shape index (κ2) is 8.08. The zero-order chi connectivity index (χ0) is 16.8. The topological polar surface area (TPSA) is 47.6 Å². The van der Waals surface area contributed by atoms with Gasteiger partial charge < -0.3 is 14.8 Å². The second-order valence-corrected chi connectivity index (χ2v) is 5.94. The quantitative estimate of drug-likeness (QED) is 0.788. The third-order valence-corrected chi connectivity index (χ3v) is 4.21. The van der Waals surface area contributed by atoms with Gasteiger partial charge in [0, 0.05) is 16.6 Å². The first-order chi connectivity index (χ1) is 11.0. The largest absolute Gasteiger partial charge is 0.493 e. The summed E-state index contributed by atoms with van der Waals surface area (Å²) in [7, 11) is 3.07. The third kappa shape index (κ3) is 4.77. The number of hydrogen-bond donors (Lipinski definition) is 1. The Hall–Kier alpha value is -1.92. The van der Waals surface area contributed by atoms with Crippen molar-refractivity contribution >= 4 is 35.0 Å². The van der Waals surface area contributed by atoms with Gasteiger partial charge in [0.1, 0.15) is 5.82 Å². The highest BCUT2D eigenvalue weighted by Crippen LogP contribution is 2.30.